The van der Waals surface area contributed by atoms with Gasteiger partial charge >= 0.3 is 0 Å². The minimum atomic E-state index is -0.549. The molecule has 0 bridgehead atoms. The third-order valence-corrected chi connectivity index (χ3v) is 4.07. The Hall–Kier alpha value is -0.720. The highest BCUT2D eigenvalue weighted by Gasteiger charge is 2.22. The second kappa shape index (κ2) is 5.95. The van der Waals surface area contributed by atoms with Gasteiger partial charge in [0.15, 0.2) is 3.95 Å². The Balaban J connectivity index is 2.48. The summed E-state index contributed by atoms with van der Waals surface area (Å²) in [4.78, 5) is 15.7. The molecule has 0 radical (unpaired) electrons. The zero-order chi connectivity index (χ0) is 13.9. The first-order valence-corrected chi connectivity index (χ1v) is 7.06. The first-order chi connectivity index (χ1) is 8.20. The average Bonchev–Trinajstić information content (AvgIpc) is 2.52. The molecular formula is C12H20N2O2S2. The molecule has 0 aliphatic carbocycles. The van der Waals surface area contributed by atoms with Gasteiger partial charge in [-0.05, 0) is 24.6 Å². The fourth-order valence-electron chi connectivity index (χ4n) is 1.33. The van der Waals surface area contributed by atoms with Crippen LogP contribution in [0.1, 0.15) is 31.3 Å². The highest BCUT2D eigenvalue weighted by atomic mass is 32.1. The van der Waals surface area contributed by atoms with E-state index in [1.165, 1.54) is 11.3 Å². The Labute approximate surface area is 116 Å². The SMILES string of the molecule is Cc1[nH]c(=S)sc1CC(=O)NCC(O)C(C)(C)C. The third-order valence-electron chi connectivity index (χ3n) is 2.74. The van der Waals surface area contributed by atoms with E-state index in [0.717, 1.165) is 10.6 Å². The number of hydrogen-bond donors (Lipinski definition) is 3. The number of aryl methyl sites for hydroxylation is 1. The van der Waals surface area contributed by atoms with Gasteiger partial charge in [-0.1, -0.05) is 20.8 Å². The summed E-state index contributed by atoms with van der Waals surface area (Å²) in [5.41, 5.74) is 0.713. The van der Waals surface area contributed by atoms with Crippen LogP contribution in [0.5, 0.6) is 0 Å². The molecule has 0 spiro atoms. The molecule has 1 rings (SSSR count). The topological polar surface area (TPSA) is 65.1 Å². The summed E-state index contributed by atoms with van der Waals surface area (Å²) in [6, 6.07) is 0. The van der Waals surface area contributed by atoms with Crippen LogP contribution in [0.15, 0.2) is 0 Å². The fourth-order valence-corrected chi connectivity index (χ4v) is 2.62. The lowest BCUT2D eigenvalue weighted by Gasteiger charge is -2.25. The monoisotopic (exact) mass is 288 g/mol. The third kappa shape index (κ3) is 4.51. The maximum Gasteiger partial charge on any atom is 0.225 e. The average molecular weight is 288 g/mol. The largest absolute Gasteiger partial charge is 0.391 e. The lowest BCUT2D eigenvalue weighted by atomic mass is 9.89. The lowest BCUT2D eigenvalue weighted by molar-refractivity contribution is -0.121. The zero-order valence-corrected chi connectivity index (χ0v) is 12.8. The van der Waals surface area contributed by atoms with E-state index in [1.807, 2.05) is 27.7 Å². The number of carbonyl (C=O) groups excluding carboxylic acids is 1. The van der Waals surface area contributed by atoms with Crippen LogP contribution < -0.4 is 5.32 Å². The number of H-pyrrole nitrogens is 1. The van der Waals surface area contributed by atoms with E-state index in [2.05, 4.69) is 10.3 Å². The predicted octanol–water partition coefficient (Wildman–Crippen LogP) is 2.18. The molecule has 0 saturated heterocycles. The van der Waals surface area contributed by atoms with Crippen molar-refractivity contribution in [2.75, 3.05) is 6.54 Å². The molecule has 0 aliphatic heterocycles. The molecule has 3 N–H and O–H groups in total. The number of rotatable bonds is 4. The van der Waals surface area contributed by atoms with Gasteiger partial charge in [-0.3, -0.25) is 4.79 Å². The number of aromatic amines is 1. The Morgan fingerprint density at radius 3 is 2.61 bits per heavy atom. The van der Waals surface area contributed by atoms with Gasteiger partial charge in [-0.25, -0.2) is 0 Å². The number of carbonyl (C=O) groups is 1. The molecule has 0 aromatic carbocycles. The van der Waals surface area contributed by atoms with Crippen LogP contribution >= 0.6 is 23.6 Å². The van der Waals surface area contributed by atoms with E-state index in [-0.39, 0.29) is 17.9 Å². The van der Waals surface area contributed by atoms with Crippen molar-refractivity contribution in [3.05, 3.63) is 14.5 Å². The van der Waals surface area contributed by atoms with Gasteiger partial charge in [0.25, 0.3) is 0 Å². The highest BCUT2D eigenvalue weighted by molar-refractivity contribution is 7.73. The Kier molecular flexibility index (Phi) is 5.07. The molecule has 0 saturated carbocycles. The quantitative estimate of drug-likeness (QED) is 0.744. The molecule has 0 aliphatic rings. The summed E-state index contributed by atoms with van der Waals surface area (Å²) in [6.07, 6.45) is -0.243. The maximum atomic E-state index is 11.7. The number of aromatic nitrogens is 1. The lowest BCUT2D eigenvalue weighted by Crippen LogP contribution is -2.39. The Morgan fingerprint density at radius 2 is 2.17 bits per heavy atom. The van der Waals surface area contributed by atoms with E-state index in [1.54, 1.807) is 0 Å². The van der Waals surface area contributed by atoms with E-state index in [4.69, 9.17) is 12.2 Å². The van der Waals surface area contributed by atoms with Gasteiger partial charge in [-0.2, -0.15) is 0 Å². The standard InChI is InChI=1S/C12H20N2O2S2/c1-7-8(18-11(17)14-7)5-10(16)13-6-9(15)12(2,3)4/h9,15H,5-6H2,1-4H3,(H,13,16)(H,14,17). The first-order valence-electron chi connectivity index (χ1n) is 5.83. The van der Waals surface area contributed by atoms with Crippen LogP contribution in [0, 0.1) is 16.3 Å². The smallest absolute Gasteiger partial charge is 0.225 e. The molecule has 1 amide bonds. The molecule has 1 atom stereocenters. The number of aliphatic hydroxyl groups excluding tert-OH is 1. The first kappa shape index (κ1) is 15.3. The molecule has 102 valence electrons. The van der Waals surface area contributed by atoms with Gasteiger partial charge in [0.1, 0.15) is 0 Å². The summed E-state index contributed by atoms with van der Waals surface area (Å²) >= 11 is 6.44. The number of nitrogens with one attached hydrogen (secondary N) is 2. The molecule has 0 fully saturated rings. The van der Waals surface area contributed by atoms with E-state index >= 15 is 0 Å². The van der Waals surface area contributed by atoms with Crippen molar-refractivity contribution >= 4 is 29.5 Å². The number of aliphatic hydroxyl groups is 1. The van der Waals surface area contributed by atoms with Gasteiger partial charge in [0.2, 0.25) is 5.91 Å². The van der Waals surface area contributed by atoms with Crippen molar-refractivity contribution in [3.63, 3.8) is 0 Å². The highest BCUT2D eigenvalue weighted by Crippen LogP contribution is 2.18. The van der Waals surface area contributed by atoms with Gasteiger partial charge in [-0.15, -0.1) is 11.3 Å². The normalized spacial score (nSPS) is 13.4. The second-order valence-corrected chi connectivity index (χ2v) is 7.20. The Bertz CT molecular complexity index is 471. The van der Waals surface area contributed by atoms with Crippen LogP contribution in [0.4, 0.5) is 0 Å². The van der Waals surface area contributed by atoms with Crippen molar-refractivity contribution in [1.82, 2.24) is 10.3 Å². The summed E-state index contributed by atoms with van der Waals surface area (Å²) in [5, 5.41) is 12.6. The molecule has 1 heterocycles. The molecule has 1 aromatic heterocycles. The van der Waals surface area contributed by atoms with Gasteiger partial charge < -0.3 is 15.4 Å². The van der Waals surface area contributed by atoms with Gasteiger partial charge in [0, 0.05) is 17.1 Å². The van der Waals surface area contributed by atoms with E-state index in [9.17, 15) is 9.90 Å². The predicted molar refractivity (Wildman–Crippen MR) is 76.4 cm³/mol. The molecule has 1 unspecified atom stereocenters. The summed E-state index contributed by atoms with van der Waals surface area (Å²) in [7, 11) is 0. The second-order valence-electron chi connectivity index (χ2n) is 5.43. The molecule has 4 nitrogen and oxygen atoms in total. The molecule has 1 aromatic rings. The van der Waals surface area contributed by atoms with Crippen LogP contribution in [0.3, 0.4) is 0 Å². The van der Waals surface area contributed by atoms with Gasteiger partial charge in [0.05, 0.1) is 12.5 Å². The summed E-state index contributed by atoms with van der Waals surface area (Å²) in [6.45, 7) is 7.99. The molecule has 18 heavy (non-hydrogen) atoms. The summed E-state index contributed by atoms with van der Waals surface area (Å²) < 4.78 is 0.685. The van der Waals surface area contributed by atoms with Crippen LogP contribution in [0.2, 0.25) is 0 Å². The van der Waals surface area contributed by atoms with Crippen LogP contribution in [-0.2, 0) is 11.2 Å². The number of amides is 1. The molecule has 6 heteroatoms. The van der Waals surface area contributed by atoms with Crippen molar-refractivity contribution in [2.24, 2.45) is 5.41 Å². The minimum absolute atomic E-state index is 0.0911. The van der Waals surface area contributed by atoms with Crippen LogP contribution in [-0.4, -0.2) is 28.6 Å². The minimum Gasteiger partial charge on any atom is -0.391 e. The fraction of sp³-hybridized carbons (Fsp3) is 0.667. The van der Waals surface area contributed by atoms with Crippen molar-refractivity contribution in [2.45, 2.75) is 40.2 Å². The Morgan fingerprint density at radius 1 is 1.56 bits per heavy atom. The van der Waals surface area contributed by atoms with Crippen molar-refractivity contribution in [3.8, 4) is 0 Å². The molecular weight excluding hydrogens is 268 g/mol. The van der Waals surface area contributed by atoms with Crippen LogP contribution in [0.25, 0.3) is 0 Å². The maximum absolute atomic E-state index is 11.7. The van der Waals surface area contributed by atoms with Crippen molar-refractivity contribution in [1.29, 1.82) is 0 Å². The van der Waals surface area contributed by atoms with E-state index < -0.39 is 6.10 Å². The zero-order valence-electron chi connectivity index (χ0n) is 11.2. The van der Waals surface area contributed by atoms with Crippen molar-refractivity contribution < 1.29 is 9.90 Å². The van der Waals surface area contributed by atoms with E-state index in [0.29, 0.717) is 10.4 Å². The summed E-state index contributed by atoms with van der Waals surface area (Å²) in [5.74, 6) is -0.0911. The number of hydrogen-bond acceptors (Lipinski definition) is 4. The number of thiazole rings is 1.